The number of Topliss-reactive ketones (excluding diaryl/α,β-unsaturated/α-hetero) is 1. The lowest BCUT2D eigenvalue weighted by Crippen LogP contribution is -2.40. The average Bonchev–Trinajstić information content (AvgIpc) is 2.89. The van der Waals surface area contributed by atoms with Gasteiger partial charge in [0.15, 0.2) is 11.9 Å². The molecular weight excluding hydrogens is 336 g/mol. The highest BCUT2D eigenvalue weighted by molar-refractivity contribution is 6.30. The zero-order valence-electron chi connectivity index (χ0n) is 13.1. The van der Waals surface area contributed by atoms with Crippen LogP contribution >= 0.6 is 11.6 Å². The molecule has 2 heterocycles. The lowest BCUT2D eigenvalue weighted by Gasteiger charge is -2.35. The lowest BCUT2D eigenvalue weighted by molar-refractivity contribution is -0.152. The minimum Gasteiger partial charge on any atom is -0.466 e. The van der Waals surface area contributed by atoms with Gasteiger partial charge in [-0.2, -0.15) is 0 Å². The van der Waals surface area contributed by atoms with Gasteiger partial charge in [0.05, 0.1) is 25.4 Å². The smallest absolute Gasteiger partial charge is 0.337 e. The maximum atomic E-state index is 12.4. The van der Waals surface area contributed by atoms with Gasteiger partial charge >= 0.3 is 11.9 Å². The Labute approximate surface area is 143 Å². The van der Waals surface area contributed by atoms with Crippen LogP contribution in [0.1, 0.15) is 18.4 Å². The Morgan fingerprint density at radius 1 is 1.17 bits per heavy atom. The number of rotatable bonds is 3. The first kappa shape index (κ1) is 16.7. The van der Waals surface area contributed by atoms with Crippen molar-refractivity contribution >= 4 is 29.3 Å². The normalized spacial score (nSPS) is 25.6. The van der Waals surface area contributed by atoms with E-state index in [1.807, 2.05) is 0 Å². The predicted octanol–water partition coefficient (Wildman–Crippen LogP) is 1.94. The number of ether oxygens (including phenoxy) is 3. The highest BCUT2D eigenvalue weighted by atomic mass is 35.5. The fraction of sp³-hybridized carbons (Fsp3) is 0.353. The van der Waals surface area contributed by atoms with Crippen molar-refractivity contribution in [2.45, 2.75) is 24.5 Å². The Morgan fingerprint density at radius 3 is 2.38 bits per heavy atom. The molecule has 24 heavy (non-hydrogen) atoms. The van der Waals surface area contributed by atoms with Crippen LogP contribution in [-0.2, 0) is 34.2 Å². The van der Waals surface area contributed by atoms with E-state index >= 15 is 0 Å². The Balaban J connectivity index is 2.25. The summed E-state index contributed by atoms with van der Waals surface area (Å²) >= 11 is 5.93. The molecule has 0 amide bonds. The molecule has 0 saturated carbocycles. The number of carbonyl (C=O) groups is 3. The molecule has 7 heteroatoms. The van der Waals surface area contributed by atoms with Gasteiger partial charge in [-0.3, -0.25) is 4.79 Å². The Kier molecular flexibility index (Phi) is 4.19. The molecule has 126 valence electrons. The zero-order chi connectivity index (χ0) is 17.5. The number of ketones is 1. The summed E-state index contributed by atoms with van der Waals surface area (Å²) < 4.78 is 15.5. The van der Waals surface area contributed by atoms with Crippen molar-refractivity contribution in [3.05, 3.63) is 46.0 Å². The van der Waals surface area contributed by atoms with Crippen molar-refractivity contribution in [2.75, 3.05) is 14.2 Å². The van der Waals surface area contributed by atoms with Gasteiger partial charge in [0, 0.05) is 11.4 Å². The standard InChI is InChI=1S/C17H15ClO6/c1-22-15(20)12-13(16(21)23-2)17(8-7-11(19)14(12)24-17)9-3-5-10(18)6-4-9/h3-6,14H,7-8H2,1-2H3/t14-,17-/m0/s1. The summed E-state index contributed by atoms with van der Waals surface area (Å²) in [6.45, 7) is 0. The van der Waals surface area contributed by atoms with E-state index in [4.69, 9.17) is 25.8 Å². The predicted molar refractivity (Wildman–Crippen MR) is 83.3 cm³/mol. The monoisotopic (exact) mass is 350 g/mol. The molecule has 1 aromatic rings. The third-order valence-electron chi connectivity index (χ3n) is 4.38. The molecule has 2 aliphatic heterocycles. The average molecular weight is 351 g/mol. The quantitative estimate of drug-likeness (QED) is 0.775. The minimum absolute atomic E-state index is 0.0232. The molecule has 1 saturated heterocycles. The summed E-state index contributed by atoms with van der Waals surface area (Å²) in [5.74, 6) is -1.76. The highest BCUT2D eigenvalue weighted by Crippen LogP contribution is 2.51. The van der Waals surface area contributed by atoms with Crippen LogP contribution < -0.4 is 0 Å². The van der Waals surface area contributed by atoms with E-state index in [0.29, 0.717) is 10.6 Å². The Morgan fingerprint density at radius 2 is 1.79 bits per heavy atom. The summed E-state index contributed by atoms with van der Waals surface area (Å²) in [6.07, 6.45) is -0.723. The number of carbonyl (C=O) groups excluding carboxylic acids is 3. The van der Waals surface area contributed by atoms with Crippen LogP contribution in [0.3, 0.4) is 0 Å². The second-order valence-electron chi connectivity index (χ2n) is 5.57. The van der Waals surface area contributed by atoms with Crippen molar-refractivity contribution in [1.29, 1.82) is 0 Å². The summed E-state index contributed by atoms with van der Waals surface area (Å²) in [6, 6.07) is 6.73. The van der Waals surface area contributed by atoms with Crippen LogP contribution in [-0.4, -0.2) is 38.0 Å². The second kappa shape index (κ2) is 6.03. The van der Waals surface area contributed by atoms with Crippen LogP contribution in [0, 0.1) is 0 Å². The number of halogens is 1. The van der Waals surface area contributed by atoms with Crippen molar-refractivity contribution in [3.8, 4) is 0 Å². The molecule has 2 bridgehead atoms. The zero-order valence-corrected chi connectivity index (χ0v) is 13.9. The van der Waals surface area contributed by atoms with Crippen molar-refractivity contribution in [2.24, 2.45) is 0 Å². The van der Waals surface area contributed by atoms with Gasteiger partial charge in [0.2, 0.25) is 0 Å². The van der Waals surface area contributed by atoms with E-state index in [1.54, 1.807) is 24.3 Å². The first-order valence-electron chi connectivity index (χ1n) is 7.32. The van der Waals surface area contributed by atoms with Gasteiger partial charge in [-0.25, -0.2) is 9.59 Å². The molecule has 6 nitrogen and oxygen atoms in total. The van der Waals surface area contributed by atoms with Gasteiger partial charge in [-0.05, 0) is 24.1 Å². The van der Waals surface area contributed by atoms with E-state index in [-0.39, 0.29) is 29.8 Å². The van der Waals surface area contributed by atoms with Gasteiger partial charge in [-0.15, -0.1) is 0 Å². The molecule has 2 atom stereocenters. The van der Waals surface area contributed by atoms with Crippen LogP contribution in [0.2, 0.25) is 5.02 Å². The molecular formula is C17H15ClO6. The topological polar surface area (TPSA) is 78.9 Å². The van der Waals surface area contributed by atoms with Crippen LogP contribution in [0.4, 0.5) is 0 Å². The van der Waals surface area contributed by atoms with Crippen LogP contribution in [0.5, 0.6) is 0 Å². The molecule has 3 rings (SSSR count). The third kappa shape index (κ3) is 2.34. The molecule has 0 aliphatic carbocycles. The van der Waals surface area contributed by atoms with Crippen molar-refractivity contribution < 1.29 is 28.6 Å². The maximum absolute atomic E-state index is 12.4. The lowest BCUT2D eigenvalue weighted by atomic mass is 9.82. The molecule has 0 spiro atoms. The maximum Gasteiger partial charge on any atom is 0.337 e. The number of hydrogen-bond acceptors (Lipinski definition) is 6. The molecule has 0 unspecified atom stereocenters. The van der Waals surface area contributed by atoms with Gasteiger partial charge in [0.1, 0.15) is 5.60 Å². The molecule has 2 aliphatic rings. The summed E-state index contributed by atoms with van der Waals surface area (Å²) in [5.41, 5.74) is -0.653. The first-order valence-corrected chi connectivity index (χ1v) is 7.70. The molecule has 1 aromatic carbocycles. The van der Waals surface area contributed by atoms with Crippen LogP contribution in [0.25, 0.3) is 0 Å². The van der Waals surface area contributed by atoms with E-state index < -0.39 is 23.6 Å². The fourth-order valence-electron chi connectivity index (χ4n) is 3.28. The molecule has 0 radical (unpaired) electrons. The van der Waals surface area contributed by atoms with Gasteiger partial charge in [-0.1, -0.05) is 23.7 Å². The SMILES string of the molecule is COC(=O)C1=C(C(=O)OC)[C@@]2(c3ccc(Cl)cc3)CCC(=O)[C@@H]1O2. The van der Waals surface area contributed by atoms with E-state index in [2.05, 4.69) is 0 Å². The number of methoxy groups -OCH3 is 2. The number of benzene rings is 1. The van der Waals surface area contributed by atoms with Crippen molar-refractivity contribution in [3.63, 3.8) is 0 Å². The summed E-state index contributed by atoms with van der Waals surface area (Å²) in [4.78, 5) is 36.9. The minimum atomic E-state index is -1.22. The molecule has 0 aromatic heterocycles. The molecule has 0 N–H and O–H groups in total. The van der Waals surface area contributed by atoms with Gasteiger partial charge in [0.25, 0.3) is 0 Å². The van der Waals surface area contributed by atoms with Crippen LogP contribution in [0.15, 0.2) is 35.4 Å². The largest absolute Gasteiger partial charge is 0.466 e. The summed E-state index contributed by atoms with van der Waals surface area (Å²) in [7, 11) is 2.40. The summed E-state index contributed by atoms with van der Waals surface area (Å²) in [5, 5.41) is 0.522. The first-order chi connectivity index (χ1) is 11.4. The molecule has 1 fully saturated rings. The second-order valence-corrected chi connectivity index (χ2v) is 6.01. The fourth-order valence-corrected chi connectivity index (χ4v) is 3.41. The number of hydrogen-bond donors (Lipinski definition) is 0. The number of fused-ring (bicyclic) bond motifs is 2. The van der Waals surface area contributed by atoms with E-state index in [1.165, 1.54) is 14.2 Å². The van der Waals surface area contributed by atoms with E-state index in [9.17, 15) is 14.4 Å². The highest BCUT2D eigenvalue weighted by Gasteiger charge is 2.58. The van der Waals surface area contributed by atoms with Crippen molar-refractivity contribution in [1.82, 2.24) is 0 Å². The Bertz CT molecular complexity index is 751. The Hall–Kier alpha value is -2.18. The third-order valence-corrected chi connectivity index (χ3v) is 4.63. The number of esters is 2. The van der Waals surface area contributed by atoms with Gasteiger partial charge < -0.3 is 14.2 Å². The van der Waals surface area contributed by atoms with E-state index in [0.717, 1.165) is 0 Å².